The molecule has 0 saturated carbocycles. The van der Waals surface area contributed by atoms with Gasteiger partial charge in [-0.3, -0.25) is 0 Å². The second-order valence-corrected chi connectivity index (χ2v) is 6.32. The van der Waals surface area contributed by atoms with Crippen LogP contribution in [0.4, 0.5) is 0 Å². The highest BCUT2D eigenvalue weighted by molar-refractivity contribution is 7.10. The van der Waals surface area contributed by atoms with Crippen LogP contribution in [0.2, 0.25) is 0 Å². The summed E-state index contributed by atoms with van der Waals surface area (Å²) in [6.07, 6.45) is 1.81. The Morgan fingerprint density at radius 1 is 0.704 bits per heavy atom. The third-order valence-corrected chi connectivity index (χ3v) is 5.05. The predicted octanol–water partition coefficient (Wildman–Crippen LogP) is 4.52. The van der Waals surface area contributed by atoms with Crippen LogP contribution in [-0.4, -0.2) is 39.9 Å². The molecule has 0 spiro atoms. The van der Waals surface area contributed by atoms with E-state index < -0.39 is 0 Å². The van der Waals surface area contributed by atoms with Gasteiger partial charge in [0.25, 0.3) is 0 Å². The van der Waals surface area contributed by atoms with Crippen LogP contribution in [-0.2, 0) is 0 Å². The van der Waals surface area contributed by atoms with E-state index in [9.17, 15) is 0 Å². The molecular formula is C20H21NO5S. The van der Waals surface area contributed by atoms with Crippen molar-refractivity contribution >= 4 is 11.5 Å². The maximum Gasteiger partial charge on any atom is 0.207 e. The Morgan fingerprint density at radius 2 is 1.37 bits per heavy atom. The van der Waals surface area contributed by atoms with Gasteiger partial charge in [-0.2, -0.15) is 4.37 Å². The zero-order valence-corrected chi connectivity index (χ0v) is 16.7. The van der Waals surface area contributed by atoms with Crippen LogP contribution in [0.1, 0.15) is 0 Å². The summed E-state index contributed by atoms with van der Waals surface area (Å²) in [5, 5.41) is 0. The van der Waals surface area contributed by atoms with Gasteiger partial charge in [0, 0.05) is 17.3 Å². The minimum atomic E-state index is 0.473. The van der Waals surface area contributed by atoms with Crippen molar-refractivity contribution in [2.45, 2.75) is 0 Å². The van der Waals surface area contributed by atoms with Gasteiger partial charge in [0.05, 0.1) is 40.4 Å². The number of hydrogen-bond donors (Lipinski definition) is 0. The zero-order chi connectivity index (χ0) is 19.4. The highest BCUT2D eigenvalue weighted by Crippen LogP contribution is 2.51. The largest absolute Gasteiger partial charge is 0.497 e. The van der Waals surface area contributed by atoms with Crippen molar-refractivity contribution in [3.63, 3.8) is 0 Å². The lowest BCUT2D eigenvalue weighted by Gasteiger charge is -2.18. The van der Waals surface area contributed by atoms with Crippen molar-refractivity contribution in [2.24, 2.45) is 0 Å². The van der Waals surface area contributed by atoms with Gasteiger partial charge in [0.1, 0.15) is 5.75 Å². The lowest BCUT2D eigenvalue weighted by Crippen LogP contribution is -2.00. The minimum absolute atomic E-state index is 0.473. The molecule has 2 aromatic carbocycles. The molecule has 1 aromatic heterocycles. The van der Waals surface area contributed by atoms with E-state index in [1.807, 2.05) is 36.5 Å². The predicted molar refractivity (Wildman–Crippen MR) is 106 cm³/mol. The molecule has 0 aliphatic carbocycles. The first-order valence-electron chi connectivity index (χ1n) is 8.14. The molecular weight excluding hydrogens is 366 g/mol. The number of benzene rings is 2. The summed E-state index contributed by atoms with van der Waals surface area (Å²) in [6.45, 7) is 0. The van der Waals surface area contributed by atoms with Crippen molar-refractivity contribution in [1.29, 1.82) is 0 Å². The Hall–Kier alpha value is -2.93. The maximum atomic E-state index is 5.66. The van der Waals surface area contributed by atoms with E-state index in [0.29, 0.717) is 23.0 Å². The third-order valence-electron chi connectivity index (χ3n) is 4.20. The van der Waals surface area contributed by atoms with E-state index in [4.69, 9.17) is 23.7 Å². The first kappa shape index (κ1) is 18.8. The molecule has 142 valence electrons. The van der Waals surface area contributed by atoms with Gasteiger partial charge in [0.15, 0.2) is 11.5 Å². The molecule has 0 fully saturated rings. The second kappa shape index (κ2) is 8.18. The van der Waals surface area contributed by atoms with E-state index in [1.54, 1.807) is 35.5 Å². The van der Waals surface area contributed by atoms with Crippen molar-refractivity contribution in [3.8, 4) is 50.3 Å². The lowest BCUT2D eigenvalue weighted by molar-refractivity contribution is 0.306. The summed E-state index contributed by atoms with van der Waals surface area (Å²) in [6, 6.07) is 9.72. The number of rotatable bonds is 7. The van der Waals surface area contributed by atoms with Crippen molar-refractivity contribution < 1.29 is 23.7 Å². The van der Waals surface area contributed by atoms with Gasteiger partial charge in [0.2, 0.25) is 11.5 Å². The summed E-state index contributed by atoms with van der Waals surface area (Å²) < 4.78 is 31.8. The van der Waals surface area contributed by atoms with E-state index in [-0.39, 0.29) is 0 Å². The van der Waals surface area contributed by atoms with Crippen molar-refractivity contribution in [1.82, 2.24) is 4.37 Å². The lowest BCUT2D eigenvalue weighted by atomic mass is 10.0. The van der Waals surface area contributed by atoms with Gasteiger partial charge < -0.3 is 23.7 Å². The summed E-state index contributed by atoms with van der Waals surface area (Å²) in [5.41, 5.74) is 2.76. The molecule has 3 aromatic rings. The van der Waals surface area contributed by atoms with Crippen LogP contribution in [0.25, 0.3) is 21.6 Å². The highest BCUT2D eigenvalue weighted by Gasteiger charge is 2.24. The fourth-order valence-electron chi connectivity index (χ4n) is 2.91. The van der Waals surface area contributed by atoms with Crippen LogP contribution in [0.5, 0.6) is 28.7 Å². The highest BCUT2D eigenvalue weighted by atomic mass is 32.1. The summed E-state index contributed by atoms with van der Waals surface area (Å²) >= 11 is 1.41. The Morgan fingerprint density at radius 3 is 1.93 bits per heavy atom. The third kappa shape index (κ3) is 3.38. The van der Waals surface area contributed by atoms with Crippen LogP contribution >= 0.6 is 11.5 Å². The number of ether oxygens (including phenoxy) is 5. The standard InChI is InChI=1S/C20H21NO5S/c1-22-13-8-6-12(7-9-13)20-15(11-21-27-20)14-10-16(23-2)18(25-4)19(26-5)17(14)24-3/h6-11H,1-5H3. The van der Waals surface area contributed by atoms with Crippen molar-refractivity contribution in [2.75, 3.05) is 35.5 Å². The van der Waals surface area contributed by atoms with Crippen LogP contribution in [0.15, 0.2) is 36.5 Å². The molecule has 3 rings (SSSR count). The summed E-state index contributed by atoms with van der Waals surface area (Å²) in [5.74, 6) is 2.87. The van der Waals surface area contributed by atoms with Gasteiger partial charge in [-0.15, -0.1) is 0 Å². The van der Waals surface area contributed by atoms with Crippen LogP contribution < -0.4 is 23.7 Å². The molecule has 0 aliphatic rings. The van der Waals surface area contributed by atoms with Crippen LogP contribution in [0.3, 0.4) is 0 Å². The van der Waals surface area contributed by atoms with E-state index in [1.165, 1.54) is 11.5 Å². The molecule has 1 heterocycles. The minimum Gasteiger partial charge on any atom is -0.497 e. The Balaban J connectivity index is 2.21. The first-order chi connectivity index (χ1) is 13.2. The fraction of sp³-hybridized carbons (Fsp3) is 0.250. The second-order valence-electron chi connectivity index (χ2n) is 5.52. The Kier molecular flexibility index (Phi) is 5.71. The average Bonchev–Trinajstić information content (AvgIpc) is 3.21. The first-order valence-corrected chi connectivity index (χ1v) is 8.92. The molecule has 0 aliphatic heterocycles. The molecule has 0 bridgehead atoms. The molecule has 0 amide bonds. The average molecular weight is 387 g/mol. The normalized spacial score (nSPS) is 10.4. The quantitative estimate of drug-likeness (QED) is 0.594. The van der Waals surface area contributed by atoms with Gasteiger partial charge in [-0.1, -0.05) is 0 Å². The molecule has 6 nitrogen and oxygen atoms in total. The van der Waals surface area contributed by atoms with Gasteiger partial charge in [-0.25, -0.2) is 0 Å². The molecule has 0 atom stereocenters. The number of nitrogens with zero attached hydrogens (tertiary/aromatic N) is 1. The number of hydrogen-bond acceptors (Lipinski definition) is 7. The van der Waals surface area contributed by atoms with Gasteiger partial charge >= 0.3 is 0 Å². The molecule has 0 radical (unpaired) electrons. The molecule has 0 saturated heterocycles. The van der Waals surface area contributed by atoms with E-state index >= 15 is 0 Å². The Bertz CT molecular complexity index is 921. The smallest absolute Gasteiger partial charge is 0.207 e. The van der Waals surface area contributed by atoms with Crippen LogP contribution in [0, 0.1) is 0 Å². The Labute approximate surface area is 162 Å². The van der Waals surface area contributed by atoms with E-state index in [2.05, 4.69) is 4.37 Å². The van der Waals surface area contributed by atoms with Gasteiger partial charge in [-0.05, 0) is 47.4 Å². The molecule has 0 N–H and O–H groups in total. The topological polar surface area (TPSA) is 59.0 Å². The van der Waals surface area contributed by atoms with E-state index in [0.717, 1.165) is 27.3 Å². The monoisotopic (exact) mass is 387 g/mol. The summed E-state index contributed by atoms with van der Waals surface area (Å²) in [7, 11) is 7.96. The molecule has 0 unspecified atom stereocenters. The van der Waals surface area contributed by atoms with Crippen molar-refractivity contribution in [3.05, 3.63) is 36.5 Å². The molecule has 7 heteroatoms. The number of aromatic nitrogens is 1. The number of methoxy groups -OCH3 is 5. The zero-order valence-electron chi connectivity index (χ0n) is 15.9. The maximum absolute atomic E-state index is 5.66. The molecule has 27 heavy (non-hydrogen) atoms. The SMILES string of the molecule is COc1ccc(-c2sncc2-c2cc(OC)c(OC)c(OC)c2OC)cc1. The summed E-state index contributed by atoms with van der Waals surface area (Å²) in [4.78, 5) is 1.00. The fourth-order valence-corrected chi connectivity index (χ4v) is 3.68.